The van der Waals surface area contributed by atoms with Crippen LogP contribution in [-0.2, 0) is 0 Å². The molecule has 0 aromatic carbocycles. The number of halogens is 3. The number of rotatable bonds is 3. The number of nitrogen functional groups attached to an aromatic ring is 1. The maximum Gasteiger partial charge on any atom is 0.415 e. The number of aromatic nitrogens is 2. The third kappa shape index (κ3) is 3.86. The van der Waals surface area contributed by atoms with E-state index in [1.165, 1.54) is 6.07 Å². The van der Waals surface area contributed by atoms with Crippen LogP contribution in [0.5, 0.6) is 0 Å². The maximum atomic E-state index is 12.0. The van der Waals surface area contributed by atoms with E-state index < -0.39 is 18.0 Å². The fourth-order valence-electron chi connectivity index (χ4n) is 0.877. The standard InChI is InChI=1S/C8H10F3N3OS/c1-4-2-6(12)14-7(13-4)16-3-5(15)8(9,10)11/h2,5,15H,3H2,1H3,(H2,12,13,14). The van der Waals surface area contributed by atoms with Crippen molar-refractivity contribution in [3.63, 3.8) is 0 Å². The molecule has 1 heterocycles. The highest BCUT2D eigenvalue weighted by Gasteiger charge is 2.38. The summed E-state index contributed by atoms with van der Waals surface area (Å²) in [5.74, 6) is -0.358. The monoisotopic (exact) mass is 253 g/mol. The topological polar surface area (TPSA) is 72.0 Å². The molecule has 0 aliphatic rings. The molecular weight excluding hydrogens is 243 g/mol. The summed E-state index contributed by atoms with van der Waals surface area (Å²) in [6.07, 6.45) is -7.01. The molecule has 0 aliphatic carbocycles. The summed E-state index contributed by atoms with van der Waals surface area (Å²) in [7, 11) is 0. The van der Waals surface area contributed by atoms with Crippen LogP contribution in [0.15, 0.2) is 11.2 Å². The Morgan fingerprint density at radius 3 is 2.62 bits per heavy atom. The molecule has 0 saturated carbocycles. The molecule has 16 heavy (non-hydrogen) atoms. The number of aliphatic hydroxyl groups is 1. The van der Waals surface area contributed by atoms with Gasteiger partial charge in [0.15, 0.2) is 11.3 Å². The second kappa shape index (κ2) is 4.88. The molecule has 1 unspecified atom stereocenters. The van der Waals surface area contributed by atoms with Crippen molar-refractivity contribution >= 4 is 17.6 Å². The molecule has 0 bridgehead atoms. The molecule has 90 valence electrons. The van der Waals surface area contributed by atoms with E-state index in [1.54, 1.807) is 6.92 Å². The first-order chi connectivity index (χ1) is 7.29. The molecular formula is C8H10F3N3OS. The summed E-state index contributed by atoms with van der Waals surface area (Å²) >= 11 is 0.712. The first-order valence-corrected chi connectivity index (χ1v) is 5.26. The summed E-state index contributed by atoms with van der Waals surface area (Å²) in [5, 5.41) is 8.88. The first kappa shape index (κ1) is 13.0. The Bertz CT molecular complexity index is 352. The van der Waals surface area contributed by atoms with Crippen LogP contribution in [-0.4, -0.2) is 33.1 Å². The van der Waals surface area contributed by atoms with Crippen molar-refractivity contribution in [3.8, 4) is 0 Å². The fourth-order valence-corrected chi connectivity index (χ4v) is 1.75. The zero-order valence-electron chi connectivity index (χ0n) is 8.32. The molecule has 0 fully saturated rings. The van der Waals surface area contributed by atoms with Crippen molar-refractivity contribution in [2.45, 2.75) is 24.4 Å². The summed E-state index contributed by atoms with van der Waals surface area (Å²) in [5.41, 5.74) is 5.97. The third-order valence-corrected chi connectivity index (χ3v) is 2.52. The highest BCUT2D eigenvalue weighted by molar-refractivity contribution is 7.99. The van der Waals surface area contributed by atoms with Gasteiger partial charge in [-0.2, -0.15) is 13.2 Å². The van der Waals surface area contributed by atoms with Crippen molar-refractivity contribution in [3.05, 3.63) is 11.8 Å². The van der Waals surface area contributed by atoms with Gasteiger partial charge in [0.2, 0.25) is 0 Å². The van der Waals surface area contributed by atoms with Crippen LogP contribution in [0.4, 0.5) is 19.0 Å². The van der Waals surface area contributed by atoms with Crippen LogP contribution in [0.2, 0.25) is 0 Å². The number of aliphatic hydroxyl groups excluding tert-OH is 1. The Balaban J connectivity index is 2.61. The average molecular weight is 253 g/mol. The van der Waals surface area contributed by atoms with Gasteiger partial charge in [-0.05, 0) is 6.92 Å². The Kier molecular flexibility index (Phi) is 3.98. The molecule has 4 nitrogen and oxygen atoms in total. The lowest BCUT2D eigenvalue weighted by atomic mass is 10.4. The van der Waals surface area contributed by atoms with E-state index in [-0.39, 0.29) is 11.0 Å². The maximum absolute atomic E-state index is 12.0. The van der Waals surface area contributed by atoms with Gasteiger partial charge >= 0.3 is 6.18 Å². The zero-order valence-corrected chi connectivity index (χ0v) is 9.14. The Morgan fingerprint density at radius 1 is 1.50 bits per heavy atom. The van der Waals surface area contributed by atoms with Gasteiger partial charge in [0.1, 0.15) is 5.82 Å². The van der Waals surface area contributed by atoms with E-state index in [0.29, 0.717) is 17.5 Å². The van der Waals surface area contributed by atoms with Crippen LogP contribution in [0.3, 0.4) is 0 Å². The molecule has 1 aromatic rings. The quantitative estimate of drug-likeness (QED) is 0.629. The number of nitrogens with two attached hydrogens (primary N) is 1. The van der Waals surface area contributed by atoms with Gasteiger partial charge in [0, 0.05) is 17.5 Å². The van der Waals surface area contributed by atoms with E-state index in [9.17, 15) is 13.2 Å². The van der Waals surface area contributed by atoms with Crippen molar-refractivity contribution < 1.29 is 18.3 Å². The fraction of sp³-hybridized carbons (Fsp3) is 0.500. The second-order valence-corrected chi connectivity index (χ2v) is 4.07. The number of aryl methyl sites for hydroxylation is 1. The summed E-state index contributed by atoms with van der Waals surface area (Å²) < 4.78 is 35.9. The van der Waals surface area contributed by atoms with Gasteiger partial charge < -0.3 is 10.8 Å². The van der Waals surface area contributed by atoms with E-state index in [1.807, 2.05) is 0 Å². The lowest BCUT2D eigenvalue weighted by Crippen LogP contribution is -2.30. The molecule has 0 aliphatic heterocycles. The highest BCUT2D eigenvalue weighted by Crippen LogP contribution is 2.25. The number of nitrogens with zero attached hydrogens (tertiary/aromatic N) is 2. The molecule has 0 saturated heterocycles. The van der Waals surface area contributed by atoms with Gasteiger partial charge in [-0.15, -0.1) is 0 Å². The normalized spacial score (nSPS) is 13.8. The van der Waals surface area contributed by atoms with Gasteiger partial charge in [0.25, 0.3) is 0 Å². The van der Waals surface area contributed by atoms with E-state index in [2.05, 4.69) is 9.97 Å². The minimum absolute atomic E-state index is 0.126. The summed E-state index contributed by atoms with van der Waals surface area (Å²) in [6, 6.07) is 1.50. The van der Waals surface area contributed by atoms with E-state index in [4.69, 9.17) is 10.8 Å². The number of alkyl halides is 3. The molecule has 1 atom stereocenters. The first-order valence-electron chi connectivity index (χ1n) is 4.28. The van der Waals surface area contributed by atoms with Crippen molar-refractivity contribution in [1.82, 2.24) is 9.97 Å². The minimum atomic E-state index is -4.62. The smallest absolute Gasteiger partial charge is 0.384 e. The Labute approximate surface area is 94.1 Å². The number of hydrogen-bond donors (Lipinski definition) is 2. The highest BCUT2D eigenvalue weighted by atomic mass is 32.2. The van der Waals surface area contributed by atoms with Crippen molar-refractivity contribution in [2.75, 3.05) is 11.5 Å². The summed E-state index contributed by atoms with van der Waals surface area (Å²) in [6.45, 7) is 1.66. The van der Waals surface area contributed by atoms with Gasteiger partial charge in [-0.25, -0.2) is 9.97 Å². The van der Waals surface area contributed by atoms with Crippen molar-refractivity contribution in [1.29, 1.82) is 0 Å². The van der Waals surface area contributed by atoms with Crippen LogP contribution >= 0.6 is 11.8 Å². The predicted octanol–water partition coefficient (Wildman–Crippen LogP) is 1.38. The largest absolute Gasteiger partial charge is 0.415 e. The SMILES string of the molecule is Cc1cc(N)nc(SCC(O)C(F)(F)F)n1. The Morgan fingerprint density at radius 2 is 2.12 bits per heavy atom. The van der Waals surface area contributed by atoms with Gasteiger partial charge in [0.05, 0.1) is 0 Å². The number of anilines is 1. The molecule has 1 aromatic heterocycles. The predicted molar refractivity (Wildman–Crippen MR) is 54.0 cm³/mol. The number of thioether (sulfide) groups is 1. The lowest BCUT2D eigenvalue weighted by Gasteiger charge is -2.13. The van der Waals surface area contributed by atoms with Gasteiger partial charge in [-0.3, -0.25) is 0 Å². The third-order valence-electron chi connectivity index (χ3n) is 1.60. The lowest BCUT2D eigenvalue weighted by molar-refractivity contribution is -0.195. The van der Waals surface area contributed by atoms with Crippen LogP contribution in [0.25, 0.3) is 0 Å². The minimum Gasteiger partial charge on any atom is -0.384 e. The molecule has 0 amide bonds. The van der Waals surface area contributed by atoms with E-state index in [0.717, 1.165) is 0 Å². The van der Waals surface area contributed by atoms with Crippen molar-refractivity contribution in [2.24, 2.45) is 0 Å². The zero-order chi connectivity index (χ0) is 12.3. The molecule has 0 radical (unpaired) electrons. The van der Waals surface area contributed by atoms with Gasteiger partial charge in [-0.1, -0.05) is 11.8 Å². The summed E-state index contributed by atoms with van der Waals surface area (Å²) in [4.78, 5) is 7.62. The van der Waals surface area contributed by atoms with Crippen LogP contribution < -0.4 is 5.73 Å². The Hall–Kier alpha value is -1.02. The molecule has 8 heteroatoms. The number of hydrogen-bond acceptors (Lipinski definition) is 5. The molecule has 1 rings (SSSR count). The van der Waals surface area contributed by atoms with E-state index >= 15 is 0 Å². The average Bonchev–Trinajstić information content (AvgIpc) is 2.11. The molecule has 0 spiro atoms. The second-order valence-electron chi connectivity index (χ2n) is 3.09. The molecule has 3 N–H and O–H groups in total. The van der Waals surface area contributed by atoms with Crippen LogP contribution in [0.1, 0.15) is 5.69 Å². The van der Waals surface area contributed by atoms with Crippen LogP contribution in [0, 0.1) is 6.92 Å².